The van der Waals surface area contributed by atoms with Crippen molar-refractivity contribution in [2.24, 2.45) is 0 Å². The first kappa shape index (κ1) is 24.0. The molecule has 1 N–H and O–H groups in total. The van der Waals surface area contributed by atoms with Crippen LogP contribution in [0.2, 0.25) is 0 Å². The second kappa shape index (κ2) is 11.3. The van der Waals surface area contributed by atoms with E-state index >= 15 is 0 Å². The van der Waals surface area contributed by atoms with Crippen LogP contribution in [0.3, 0.4) is 0 Å². The van der Waals surface area contributed by atoms with Crippen molar-refractivity contribution < 1.29 is 19.1 Å². The molecule has 3 rings (SSSR count). The van der Waals surface area contributed by atoms with Gasteiger partial charge in [0.1, 0.15) is 11.6 Å². The van der Waals surface area contributed by atoms with E-state index in [1.807, 2.05) is 44.2 Å². The molecule has 0 aliphatic rings. The van der Waals surface area contributed by atoms with Crippen LogP contribution >= 0.6 is 22.6 Å². The van der Waals surface area contributed by atoms with Gasteiger partial charge in [-0.2, -0.15) is 5.26 Å². The first-order valence-electron chi connectivity index (χ1n) is 10.1. The van der Waals surface area contributed by atoms with Crippen molar-refractivity contribution in [3.8, 4) is 17.6 Å². The summed E-state index contributed by atoms with van der Waals surface area (Å²) in [6, 6.07) is 21.1. The third-order valence-electron chi connectivity index (χ3n) is 4.52. The molecule has 0 aliphatic heterocycles. The molecule has 0 spiro atoms. The van der Waals surface area contributed by atoms with Crippen molar-refractivity contribution in [2.45, 2.75) is 13.8 Å². The zero-order valence-electron chi connectivity index (χ0n) is 18.1. The number of hydrogen-bond donors (Lipinski definition) is 1. The second-order valence-corrected chi connectivity index (χ2v) is 8.27. The fourth-order valence-electron chi connectivity index (χ4n) is 2.90. The number of rotatable bonds is 7. The quantitative estimate of drug-likeness (QED) is 0.132. The van der Waals surface area contributed by atoms with Gasteiger partial charge < -0.3 is 14.8 Å². The van der Waals surface area contributed by atoms with Gasteiger partial charge in [-0.05, 0) is 90.5 Å². The number of carbonyl (C=O) groups excluding carboxylic acids is 2. The number of ether oxygens (including phenoxy) is 2. The summed E-state index contributed by atoms with van der Waals surface area (Å²) in [6.45, 7) is 4.09. The van der Waals surface area contributed by atoms with Crippen molar-refractivity contribution in [3.05, 3.63) is 92.6 Å². The van der Waals surface area contributed by atoms with Gasteiger partial charge in [0.05, 0.1) is 12.2 Å². The fourth-order valence-corrected chi connectivity index (χ4v) is 3.44. The normalized spacial score (nSPS) is 10.8. The van der Waals surface area contributed by atoms with Crippen molar-refractivity contribution in [1.82, 2.24) is 0 Å². The van der Waals surface area contributed by atoms with Crippen molar-refractivity contribution in [1.29, 1.82) is 5.26 Å². The summed E-state index contributed by atoms with van der Waals surface area (Å²) in [5.41, 5.74) is 2.55. The molecule has 0 radical (unpaired) electrons. The van der Waals surface area contributed by atoms with Gasteiger partial charge in [0.15, 0.2) is 11.5 Å². The lowest BCUT2D eigenvalue weighted by molar-refractivity contribution is -0.112. The predicted molar refractivity (Wildman–Crippen MR) is 135 cm³/mol. The molecule has 3 aromatic carbocycles. The number of carbonyl (C=O) groups is 2. The van der Waals surface area contributed by atoms with Gasteiger partial charge in [-0.3, -0.25) is 4.79 Å². The number of hydrogen-bond acceptors (Lipinski definition) is 5. The molecule has 6 nitrogen and oxygen atoms in total. The molecule has 7 heteroatoms. The number of nitrogens with zero attached hydrogens (tertiary/aromatic N) is 1. The Morgan fingerprint density at radius 3 is 2.48 bits per heavy atom. The van der Waals surface area contributed by atoms with Crippen molar-refractivity contribution >= 4 is 46.2 Å². The van der Waals surface area contributed by atoms with E-state index in [1.54, 1.807) is 42.5 Å². The van der Waals surface area contributed by atoms with Crippen LogP contribution in [0.25, 0.3) is 6.08 Å². The van der Waals surface area contributed by atoms with E-state index in [0.717, 1.165) is 9.13 Å². The van der Waals surface area contributed by atoms with Crippen LogP contribution in [0.4, 0.5) is 5.69 Å². The lowest BCUT2D eigenvalue weighted by atomic mass is 10.1. The minimum absolute atomic E-state index is 0.0688. The lowest BCUT2D eigenvalue weighted by Crippen LogP contribution is -2.13. The van der Waals surface area contributed by atoms with Gasteiger partial charge in [0.25, 0.3) is 5.91 Å². The Hall–Kier alpha value is -3.64. The first-order chi connectivity index (χ1) is 15.9. The number of nitrogens with one attached hydrogen (secondary N) is 1. The third kappa shape index (κ3) is 6.67. The minimum atomic E-state index is -0.521. The lowest BCUT2D eigenvalue weighted by Gasteiger charge is -2.12. The topological polar surface area (TPSA) is 88.4 Å². The van der Waals surface area contributed by atoms with Gasteiger partial charge >= 0.3 is 5.97 Å². The average molecular weight is 552 g/mol. The third-order valence-corrected chi connectivity index (χ3v) is 5.19. The molecular formula is C26H21IN2O4. The Balaban J connectivity index is 1.82. The number of benzene rings is 3. The summed E-state index contributed by atoms with van der Waals surface area (Å²) in [4.78, 5) is 25.0. The molecule has 0 atom stereocenters. The zero-order valence-corrected chi connectivity index (χ0v) is 20.3. The van der Waals surface area contributed by atoms with E-state index in [-0.39, 0.29) is 11.3 Å². The molecular weight excluding hydrogens is 531 g/mol. The van der Waals surface area contributed by atoms with Crippen molar-refractivity contribution in [2.75, 3.05) is 11.9 Å². The molecule has 0 aliphatic carbocycles. The van der Waals surface area contributed by atoms with Crippen LogP contribution in [-0.4, -0.2) is 18.5 Å². The largest absolute Gasteiger partial charge is 0.490 e. The van der Waals surface area contributed by atoms with E-state index in [1.165, 1.54) is 6.08 Å². The van der Waals surface area contributed by atoms with E-state index in [9.17, 15) is 14.9 Å². The maximum Gasteiger partial charge on any atom is 0.343 e. The Morgan fingerprint density at radius 1 is 1.06 bits per heavy atom. The number of halogens is 1. The molecule has 3 aromatic rings. The van der Waals surface area contributed by atoms with Gasteiger partial charge in [-0.1, -0.05) is 29.8 Å². The molecule has 0 heterocycles. The van der Waals surface area contributed by atoms with Gasteiger partial charge in [-0.25, -0.2) is 4.79 Å². The summed E-state index contributed by atoms with van der Waals surface area (Å²) in [5.74, 6) is -0.440. The maximum atomic E-state index is 12.6. The van der Waals surface area contributed by atoms with Crippen LogP contribution in [-0.2, 0) is 4.79 Å². The number of aryl methyl sites for hydroxylation is 1. The molecule has 0 unspecified atom stereocenters. The molecule has 0 fully saturated rings. The fraction of sp³-hybridized carbons (Fsp3) is 0.115. The number of nitriles is 1. The van der Waals surface area contributed by atoms with Gasteiger partial charge in [-0.15, -0.1) is 0 Å². The smallest absolute Gasteiger partial charge is 0.343 e. The summed E-state index contributed by atoms with van der Waals surface area (Å²) in [5, 5.41) is 12.2. The van der Waals surface area contributed by atoms with Crippen molar-refractivity contribution in [3.63, 3.8) is 0 Å². The highest BCUT2D eigenvalue weighted by atomic mass is 127. The van der Waals surface area contributed by atoms with Crippen LogP contribution in [0.15, 0.2) is 72.3 Å². The minimum Gasteiger partial charge on any atom is -0.490 e. The maximum absolute atomic E-state index is 12.6. The zero-order chi connectivity index (χ0) is 23.8. The summed E-state index contributed by atoms with van der Waals surface area (Å²) in [6.07, 6.45) is 1.46. The van der Waals surface area contributed by atoms with Gasteiger partial charge in [0.2, 0.25) is 0 Å². The first-order valence-corrected chi connectivity index (χ1v) is 11.2. The van der Waals surface area contributed by atoms with E-state index in [4.69, 9.17) is 9.47 Å². The van der Waals surface area contributed by atoms with Crippen LogP contribution in [0, 0.1) is 21.8 Å². The number of anilines is 1. The molecule has 33 heavy (non-hydrogen) atoms. The Kier molecular flexibility index (Phi) is 8.22. The highest BCUT2D eigenvalue weighted by Gasteiger charge is 2.15. The monoisotopic (exact) mass is 552 g/mol. The van der Waals surface area contributed by atoms with E-state index in [0.29, 0.717) is 29.2 Å². The summed E-state index contributed by atoms with van der Waals surface area (Å²) >= 11 is 2.14. The van der Waals surface area contributed by atoms with Crippen LogP contribution in [0.5, 0.6) is 11.5 Å². The highest BCUT2D eigenvalue weighted by molar-refractivity contribution is 14.1. The molecule has 0 saturated carbocycles. The van der Waals surface area contributed by atoms with Crippen LogP contribution in [0.1, 0.15) is 28.4 Å². The molecule has 0 bridgehead atoms. The summed E-state index contributed by atoms with van der Waals surface area (Å²) in [7, 11) is 0. The molecule has 1 amide bonds. The average Bonchev–Trinajstić information content (AvgIpc) is 2.79. The second-order valence-electron chi connectivity index (χ2n) is 7.03. The number of amides is 1. The van der Waals surface area contributed by atoms with E-state index < -0.39 is 11.9 Å². The highest BCUT2D eigenvalue weighted by Crippen LogP contribution is 2.30. The Labute approximate surface area is 206 Å². The molecule has 166 valence electrons. The Bertz CT molecular complexity index is 1240. The van der Waals surface area contributed by atoms with Crippen LogP contribution < -0.4 is 14.8 Å². The van der Waals surface area contributed by atoms with E-state index in [2.05, 4.69) is 27.9 Å². The molecule has 0 saturated heterocycles. The Morgan fingerprint density at radius 2 is 1.82 bits per heavy atom. The predicted octanol–water partition coefficient (Wildman–Crippen LogP) is 5.76. The van der Waals surface area contributed by atoms with Gasteiger partial charge in [0, 0.05) is 9.26 Å². The molecule has 0 aromatic heterocycles. The summed E-state index contributed by atoms with van der Waals surface area (Å²) < 4.78 is 12.1. The standard InChI is InChI=1S/C26H21IN2O4/c1-3-32-24-14-18(9-12-23(24)33-26(31)19-10-7-17(2)8-11-19)13-20(16-28)25(30)29-22-6-4-5-21(27)15-22/h4-15H,3H2,1-2H3,(H,29,30)/b20-13+. The number of esters is 1. The SMILES string of the molecule is CCOc1cc(/C=C(\C#N)C(=O)Nc2cccc(I)c2)ccc1OC(=O)c1ccc(C)cc1.